The molecule has 0 radical (unpaired) electrons. The van der Waals surface area contributed by atoms with Gasteiger partial charge in [-0.25, -0.2) is 0 Å². The van der Waals surface area contributed by atoms with Crippen LogP contribution in [0.15, 0.2) is 133 Å². The second-order valence-electron chi connectivity index (χ2n) is 9.08. The van der Waals surface area contributed by atoms with Gasteiger partial charge in [-0.2, -0.15) is 0 Å². The van der Waals surface area contributed by atoms with Crippen molar-refractivity contribution < 1.29 is 9.59 Å². The predicted octanol–water partition coefficient (Wildman–Crippen LogP) is 8.84. The summed E-state index contributed by atoms with van der Waals surface area (Å²) in [5.41, 5.74) is 7.93. The number of hydrogen-bond acceptors (Lipinski definition) is 3. The van der Waals surface area contributed by atoms with E-state index in [1.165, 1.54) is 11.6 Å². The van der Waals surface area contributed by atoms with Gasteiger partial charge in [0.25, 0.3) is 0 Å². The molecular weight excluding hydrogens is 466 g/mol. The number of carbonyl (C=O) groups is 2. The number of nitrogens with zero attached hydrogens (tertiary/aromatic N) is 1. The van der Waals surface area contributed by atoms with E-state index in [1.54, 1.807) is 18.2 Å². The van der Waals surface area contributed by atoms with Crippen LogP contribution in [0.2, 0.25) is 0 Å². The van der Waals surface area contributed by atoms with Gasteiger partial charge < -0.3 is 4.90 Å². The summed E-state index contributed by atoms with van der Waals surface area (Å²) < 4.78 is 0. The highest BCUT2D eigenvalue weighted by Crippen LogP contribution is 2.34. The topological polar surface area (TPSA) is 37.4 Å². The predicted molar refractivity (Wildman–Crippen MR) is 156 cm³/mol. The zero-order chi connectivity index (χ0) is 26.3. The van der Waals surface area contributed by atoms with E-state index in [0.29, 0.717) is 11.1 Å². The molecule has 0 saturated carbocycles. The second kappa shape index (κ2) is 11.4. The summed E-state index contributed by atoms with van der Waals surface area (Å²) in [5, 5.41) is 0. The Morgan fingerprint density at radius 1 is 0.632 bits per heavy atom. The first-order valence-corrected chi connectivity index (χ1v) is 12.5. The third-order valence-corrected chi connectivity index (χ3v) is 6.44. The van der Waals surface area contributed by atoms with E-state index in [4.69, 9.17) is 0 Å². The van der Waals surface area contributed by atoms with Crippen LogP contribution in [-0.4, -0.2) is 12.1 Å². The Morgan fingerprint density at radius 3 is 1.84 bits per heavy atom. The molecule has 0 unspecified atom stereocenters. The van der Waals surface area contributed by atoms with Gasteiger partial charge in [0.05, 0.1) is 0 Å². The first kappa shape index (κ1) is 24.7. The summed E-state index contributed by atoms with van der Waals surface area (Å²) in [6.07, 6.45) is 4.05. The van der Waals surface area contributed by atoms with Gasteiger partial charge in [-0.05, 0) is 78.2 Å². The fraction of sp³-hybridized carbons (Fsp3) is 0.0286. The normalized spacial score (nSPS) is 10.9. The van der Waals surface area contributed by atoms with Crippen molar-refractivity contribution in [3.63, 3.8) is 0 Å². The number of aryl methyl sites for hydroxylation is 1. The number of aldehydes is 1. The summed E-state index contributed by atoms with van der Waals surface area (Å²) in [4.78, 5) is 26.9. The van der Waals surface area contributed by atoms with Crippen LogP contribution < -0.4 is 4.90 Å². The fourth-order valence-electron chi connectivity index (χ4n) is 4.41. The van der Waals surface area contributed by atoms with Gasteiger partial charge >= 0.3 is 0 Å². The SMILES string of the molecule is Cc1ccc(N(c2ccccc2)c2ccc(/C=C\C(=O)c3ccc(-c4ccccc4)cc3C=O)cc2)cc1. The molecule has 0 fully saturated rings. The number of hydrogen-bond donors (Lipinski definition) is 0. The molecule has 5 rings (SSSR count). The molecular formula is C35H27NO2. The van der Waals surface area contributed by atoms with Crippen molar-refractivity contribution in [3.8, 4) is 11.1 Å². The molecule has 0 spiro atoms. The largest absolute Gasteiger partial charge is 0.311 e. The third-order valence-electron chi connectivity index (χ3n) is 6.44. The first-order chi connectivity index (χ1) is 18.6. The average molecular weight is 494 g/mol. The Hall–Kier alpha value is -5.02. The maximum Gasteiger partial charge on any atom is 0.186 e. The molecule has 3 heteroatoms. The van der Waals surface area contributed by atoms with Crippen LogP contribution >= 0.6 is 0 Å². The van der Waals surface area contributed by atoms with Crippen molar-refractivity contribution >= 4 is 35.2 Å². The molecule has 0 heterocycles. The van der Waals surface area contributed by atoms with Crippen LogP contribution in [-0.2, 0) is 0 Å². The number of benzene rings is 5. The molecule has 0 saturated heterocycles. The minimum absolute atomic E-state index is 0.207. The van der Waals surface area contributed by atoms with Gasteiger partial charge in [0.1, 0.15) is 0 Å². The highest BCUT2D eigenvalue weighted by atomic mass is 16.1. The zero-order valence-electron chi connectivity index (χ0n) is 21.1. The number of allylic oxidation sites excluding steroid dienone is 1. The lowest BCUT2D eigenvalue weighted by molar-refractivity contribution is 0.103. The van der Waals surface area contributed by atoms with Crippen LogP contribution in [0.3, 0.4) is 0 Å². The quantitative estimate of drug-likeness (QED) is 0.123. The first-order valence-electron chi connectivity index (χ1n) is 12.5. The summed E-state index contributed by atoms with van der Waals surface area (Å²) in [6, 6.07) is 41.9. The fourth-order valence-corrected chi connectivity index (χ4v) is 4.41. The minimum atomic E-state index is -0.207. The molecule has 38 heavy (non-hydrogen) atoms. The third kappa shape index (κ3) is 5.53. The van der Waals surface area contributed by atoms with E-state index in [1.807, 2.05) is 78.9 Å². The van der Waals surface area contributed by atoms with Gasteiger partial charge in [0.15, 0.2) is 12.1 Å². The summed E-state index contributed by atoms with van der Waals surface area (Å²) >= 11 is 0. The molecule has 0 bridgehead atoms. The van der Waals surface area contributed by atoms with Gasteiger partial charge in [-0.3, -0.25) is 9.59 Å². The van der Waals surface area contributed by atoms with E-state index in [0.717, 1.165) is 40.0 Å². The Balaban J connectivity index is 1.38. The minimum Gasteiger partial charge on any atom is -0.311 e. The molecule has 0 aliphatic heterocycles. The lowest BCUT2D eigenvalue weighted by atomic mass is 9.97. The standard InChI is InChI=1S/C35H27NO2/c1-26-12-18-32(19-13-26)36(31-10-6-3-7-11-31)33-20-14-27(15-21-33)16-23-35(38)34-22-17-29(24-30(34)25-37)28-8-4-2-5-9-28/h2-25H,1H3/b23-16-. The van der Waals surface area contributed by atoms with Crippen LogP contribution in [0.25, 0.3) is 17.2 Å². The monoisotopic (exact) mass is 493 g/mol. The zero-order valence-corrected chi connectivity index (χ0v) is 21.1. The summed E-state index contributed by atoms with van der Waals surface area (Å²) in [7, 11) is 0. The van der Waals surface area contributed by atoms with E-state index in [2.05, 4.69) is 48.2 Å². The maximum absolute atomic E-state index is 13.0. The van der Waals surface area contributed by atoms with Gasteiger partial charge in [0.2, 0.25) is 0 Å². The lowest BCUT2D eigenvalue weighted by Gasteiger charge is -2.25. The molecule has 3 nitrogen and oxygen atoms in total. The van der Waals surface area contributed by atoms with Crippen LogP contribution in [0.5, 0.6) is 0 Å². The van der Waals surface area contributed by atoms with Gasteiger partial charge in [-0.1, -0.05) is 90.5 Å². The molecule has 184 valence electrons. The van der Waals surface area contributed by atoms with Crippen LogP contribution in [0, 0.1) is 6.92 Å². The average Bonchev–Trinajstić information content (AvgIpc) is 2.98. The summed E-state index contributed by atoms with van der Waals surface area (Å²) in [6.45, 7) is 2.08. The van der Waals surface area contributed by atoms with Crippen LogP contribution in [0.1, 0.15) is 31.8 Å². The van der Waals surface area contributed by atoms with E-state index in [-0.39, 0.29) is 5.78 Å². The Morgan fingerprint density at radius 2 is 1.21 bits per heavy atom. The van der Waals surface area contributed by atoms with E-state index < -0.39 is 0 Å². The summed E-state index contributed by atoms with van der Waals surface area (Å²) in [5.74, 6) is -0.207. The van der Waals surface area contributed by atoms with E-state index in [9.17, 15) is 9.59 Å². The molecule has 0 amide bonds. The molecule has 5 aromatic carbocycles. The van der Waals surface area contributed by atoms with Gasteiger partial charge in [0, 0.05) is 28.2 Å². The molecule has 0 atom stereocenters. The molecule has 0 aromatic heterocycles. The number of ketones is 1. The van der Waals surface area contributed by atoms with Crippen molar-refractivity contribution in [2.75, 3.05) is 4.90 Å². The number of para-hydroxylation sites is 1. The van der Waals surface area contributed by atoms with Gasteiger partial charge in [-0.15, -0.1) is 0 Å². The number of anilines is 3. The van der Waals surface area contributed by atoms with Crippen molar-refractivity contribution in [1.29, 1.82) is 0 Å². The van der Waals surface area contributed by atoms with E-state index >= 15 is 0 Å². The highest BCUT2D eigenvalue weighted by Gasteiger charge is 2.13. The Kier molecular flexibility index (Phi) is 7.37. The number of carbonyl (C=O) groups excluding carboxylic acids is 2. The Bertz CT molecular complexity index is 1570. The molecule has 0 aliphatic rings. The molecule has 5 aromatic rings. The second-order valence-corrected chi connectivity index (χ2v) is 9.08. The van der Waals surface area contributed by atoms with Crippen LogP contribution in [0.4, 0.5) is 17.1 Å². The maximum atomic E-state index is 13.0. The number of rotatable bonds is 8. The van der Waals surface area contributed by atoms with Crippen molar-refractivity contribution in [3.05, 3.63) is 156 Å². The molecule has 0 aliphatic carbocycles. The lowest BCUT2D eigenvalue weighted by Crippen LogP contribution is -2.09. The Labute approximate surface area is 223 Å². The smallest absolute Gasteiger partial charge is 0.186 e. The van der Waals surface area contributed by atoms with Crippen molar-refractivity contribution in [2.24, 2.45) is 0 Å². The van der Waals surface area contributed by atoms with Crippen molar-refractivity contribution in [2.45, 2.75) is 6.92 Å². The highest BCUT2D eigenvalue weighted by molar-refractivity contribution is 6.11. The van der Waals surface area contributed by atoms with Crippen molar-refractivity contribution in [1.82, 2.24) is 0 Å². The molecule has 0 N–H and O–H groups in total.